The Hall–Kier alpha value is -1.94. The zero-order chi connectivity index (χ0) is 74.1. The van der Waals surface area contributed by atoms with Crippen LogP contribution in [0.2, 0.25) is 0 Å². The Kier molecular flexibility index (Phi) is 73.5. The van der Waals surface area contributed by atoms with Crippen molar-refractivity contribution in [1.29, 1.82) is 0 Å². The van der Waals surface area contributed by atoms with Gasteiger partial charge in [0, 0.05) is 25.7 Å². The molecule has 0 bridgehead atoms. The summed E-state index contributed by atoms with van der Waals surface area (Å²) in [5.74, 6) is -1.31. The van der Waals surface area contributed by atoms with Gasteiger partial charge in [0.15, 0.2) is 12.2 Å². The summed E-state index contributed by atoms with van der Waals surface area (Å²) >= 11 is 0. The molecule has 0 aromatic rings. The molecular formula is C82H160O17P2. The van der Waals surface area contributed by atoms with Crippen molar-refractivity contribution >= 4 is 39.5 Å². The summed E-state index contributed by atoms with van der Waals surface area (Å²) in [6, 6.07) is 0. The van der Waals surface area contributed by atoms with E-state index in [-0.39, 0.29) is 25.7 Å². The van der Waals surface area contributed by atoms with Crippen LogP contribution in [0.1, 0.15) is 439 Å². The summed E-state index contributed by atoms with van der Waals surface area (Å²) in [5, 5.41) is 10.7. The fourth-order valence-corrected chi connectivity index (χ4v) is 14.3. The van der Waals surface area contributed by atoms with E-state index in [2.05, 4.69) is 34.6 Å². The van der Waals surface area contributed by atoms with Crippen LogP contribution in [0.4, 0.5) is 0 Å². The maximum absolute atomic E-state index is 13.1. The number of phosphoric acid groups is 2. The molecular weight excluding hydrogens is 1320 g/mol. The van der Waals surface area contributed by atoms with E-state index in [1.165, 1.54) is 263 Å². The van der Waals surface area contributed by atoms with E-state index in [9.17, 15) is 43.2 Å². The van der Waals surface area contributed by atoms with Crippen molar-refractivity contribution in [3.8, 4) is 0 Å². The number of carbonyl (C=O) groups is 4. The van der Waals surface area contributed by atoms with Gasteiger partial charge in [0.1, 0.15) is 19.3 Å². The highest BCUT2D eigenvalue weighted by Crippen LogP contribution is 2.45. The Labute approximate surface area is 619 Å². The van der Waals surface area contributed by atoms with Gasteiger partial charge in [-0.25, -0.2) is 9.13 Å². The molecule has 0 saturated heterocycles. The minimum absolute atomic E-state index is 0.109. The molecule has 101 heavy (non-hydrogen) atoms. The van der Waals surface area contributed by atoms with Crippen molar-refractivity contribution in [3.63, 3.8) is 0 Å². The Morgan fingerprint density at radius 3 is 0.673 bits per heavy atom. The predicted octanol–water partition coefficient (Wildman–Crippen LogP) is 24.8. The van der Waals surface area contributed by atoms with Gasteiger partial charge in [-0.2, -0.15) is 0 Å². The maximum Gasteiger partial charge on any atom is 0.472 e. The maximum atomic E-state index is 13.1. The lowest BCUT2D eigenvalue weighted by Gasteiger charge is -2.21. The second-order valence-corrected chi connectivity index (χ2v) is 32.9. The van der Waals surface area contributed by atoms with E-state index in [0.29, 0.717) is 25.7 Å². The van der Waals surface area contributed by atoms with Crippen molar-refractivity contribution in [2.24, 2.45) is 5.92 Å². The van der Waals surface area contributed by atoms with Crippen LogP contribution >= 0.6 is 15.6 Å². The molecule has 0 amide bonds. The SMILES string of the molecule is CCCCCCCCCCCCCCCCCCCC(=O)O[C@H](COC(=O)CCCCCCCCCCCCCCCC(C)C)COP(=O)(O)OC[C@@H](O)COP(=O)(O)OC[C@@H](COC(=O)CCCCCCCCCCCCCC)OC(=O)CCCCCCCCCCCCCCCCCC. The number of aliphatic hydroxyl groups is 1. The number of carbonyl (C=O) groups excluding carboxylic acids is 4. The molecule has 0 aliphatic rings. The van der Waals surface area contributed by atoms with Crippen LogP contribution in [0.5, 0.6) is 0 Å². The molecule has 0 rings (SSSR count). The first-order valence-corrected chi connectivity index (χ1v) is 45.6. The van der Waals surface area contributed by atoms with Crippen molar-refractivity contribution in [2.45, 2.75) is 457 Å². The van der Waals surface area contributed by atoms with E-state index in [1.807, 2.05) is 0 Å². The normalized spacial score (nSPS) is 13.8. The van der Waals surface area contributed by atoms with E-state index < -0.39 is 97.5 Å². The van der Waals surface area contributed by atoms with Crippen molar-refractivity contribution in [3.05, 3.63) is 0 Å². The third kappa shape index (κ3) is 76.1. The van der Waals surface area contributed by atoms with Crippen LogP contribution in [-0.2, 0) is 65.4 Å². The lowest BCUT2D eigenvalue weighted by Crippen LogP contribution is -2.30. The fraction of sp³-hybridized carbons (Fsp3) is 0.951. The van der Waals surface area contributed by atoms with Gasteiger partial charge >= 0.3 is 39.5 Å². The molecule has 17 nitrogen and oxygen atoms in total. The standard InChI is InChI=1S/C82H160O17P2/c1-6-9-12-15-18-21-24-27-29-31-33-37-43-48-53-58-63-68-82(87)99-78(72-93-80(85)66-61-56-51-46-41-38-34-35-39-44-49-54-59-64-75(4)5)74-97-101(90,91)95-70-76(83)69-94-100(88,89)96-73-77(71-92-79(84)65-60-55-50-45-40-26-23-20-17-14-11-8-3)98-81(86)67-62-57-52-47-42-36-32-30-28-25-22-19-16-13-10-7-2/h75-78,83H,6-74H2,1-5H3,(H,88,89)(H,90,91)/t76-,77+,78+/m0/s1. The first-order chi connectivity index (χ1) is 49.0. The lowest BCUT2D eigenvalue weighted by atomic mass is 10.0. The number of phosphoric ester groups is 2. The first kappa shape index (κ1) is 99.1. The fourth-order valence-electron chi connectivity index (χ4n) is 12.8. The Morgan fingerprint density at radius 1 is 0.267 bits per heavy atom. The molecule has 5 atom stereocenters. The number of unbranched alkanes of at least 4 members (excludes halogenated alkanes) is 54. The summed E-state index contributed by atoms with van der Waals surface area (Å²) in [6.45, 7) is 7.37. The summed E-state index contributed by atoms with van der Waals surface area (Å²) in [6.07, 6.45) is 66.4. The monoisotopic (exact) mass is 1480 g/mol. The lowest BCUT2D eigenvalue weighted by molar-refractivity contribution is -0.161. The van der Waals surface area contributed by atoms with Crippen LogP contribution in [0.3, 0.4) is 0 Å². The molecule has 2 unspecified atom stereocenters. The molecule has 0 aliphatic carbocycles. The predicted molar refractivity (Wildman–Crippen MR) is 414 cm³/mol. The summed E-state index contributed by atoms with van der Waals surface area (Å²) < 4.78 is 68.8. The van der Waals surface area contributed by atoms with Gasteiger partial charge in [0.25, 0.3) is 0 Å². The second-order valence-electron chi connectivity index (χ2n) is 30.0. The molecule has 600 valence electrons. The van der Waals surface area contributed by atoms with E-state index in [4.69, 9.17) is 37.0 Å². The Balaban J connectivity index is 5.26. The van der Waals surface area contributed by atoms with Gasteiger partial charge in [-0.15, -0.1) is 0 Å². The first-order valence-electron chi connectivity index (χ1n) is 42.6. The zero-order valence-electron chi connectivity index (χ0n) is 66.1. The van der Waals surface area contributed by atoms with Crippen molar-refractivity contribution < 1.29 is 80.2 Å². The van der Waals surface area contributed by atoms with Crippen LogP contribution in [0, 0.1) is 5.92 Å². The molecule has 0 heterocycles. The minimum atomic E-state index is -4.96. The molecule has 0 aliphatic heterocycles. The second kappa shape index (κ2) is 74.9. The molecule has 19 heteroatoms. The van der Waals surface area contributed by atoms with Gasteiger partial charge in [-0.05, 0) is 31.6 Å². The molecule has 0 aromatic carbocycles. The number of hydrogen-bond acceptors (Lipinski definition) is 15. The zero-order valence-corrected chi connectivity index (χ0v) is 67.8. The molecule has 0 aromatic heterocycles. The number of hydrogen-bond donors (Lipinski definition) is 3. The number of aliphatic hydroxyl groups excluding tert-OH is 1. The smallest absolute Gasteiger partial charge is 0.462 e. The molecule has 0 radical (unpaired) electrons. The highest BCUT2D eigenvalue weighted by molar-refractivity contribution is 7.47. The van der Waals surface area contributed by atoms with Crippen molar-refractivity contribution in [2.75, 3.05) is 39.6 Å². The van der Waals surface area contributed by atoms with Gasteiger partial charge in [0.05, 0.1) is 26.4 Å². The third-order valence-corrected chi connectivity index (χ3v) is 21.2. The van der Waals surface area contributed by atoms with Crippen LogP contribution in [0.25, 0.3) is 0 Å². The number of esters is 4. The van der Waals surface area contributed by atoms with Crippen LogP contribution in [0.15, 0.2) is 0 Å². The average molecular weight is 1480 g/mol. The molecule has 0 fully saturated rings. The Bertz CT molecular complexity index is 1930. The average Bonchev–Trinajstić information content (AvgIpc) is 0.922. The van der Waals surface area contributed by atoms with Gasteiger partial charge in [-0.3, -0.25) is 37.3 Å². The van der Waals surface area contributed by atoms with Crippen molar-refractivity contribution in [1.82, 2.24) is 0 Å². The van der Waals surface area contributed by atoms with Gasteiger partial charge in [-0.1, -0.05) is 388 Å². The van der Waals surface area contributed by atoms with Crippen LogP contribution < -0.4 is 0 Å². The molecule has 3 N–H and O–H groups in total. The highest BCUT2D eigenvalue weighted by Gasteiger charge is 2.30. The van der Waals surface area contributed by atoms with E-state index in [0.717, 1.165) is 95.8 Å². The Morgan fingerprint density at radius 2 is 0.455 bits per heavy atom. The van der Waals surface area contributed by atoms with E-state index >= 15 is 0 Å². The molecule has 0 saturated carbocycles. The number of ether oxygens (including phenoxy) is 4. The van der Waals surface area contributed by atoms with E-state index in [1.54, 1.807) is 0 Å². The van der Waals surface area contributed by atoms with Crippen LogP contribution in [-0.4, -0.2) is 96.7 Å². The summed E-state index contributed by atoms with van der Waals surface area (Å²) in [7, 11) is -9.92. The molecule has 0 spiro atoms. The topological polar surface area (TPSA) is 237 Å². The quantitative estimate of drug-likeness (QED) is 0.0222. The largest absolute Gasteiger partial charge is 0.472 e. The summed E-state index contributed by atoms with van der Waals surface area (Å²) in [5.41, 5.74) is 0. The van der Waals surface area contributed by atoms with Gasteiger partial charge in [0.2, 0.25) is 0 Å². The van der Waals surface area contributed by atoms with Gasteiger partial charge < -0.3 is 33.8 Å². The summed E-state index contributed by atoms with van der Waals surface area (Å²) in [4.78, 5) is 73.1. The highest BCUT2D eigenvalue weighted by atomic mass is 31.2. The third-order valence-electron chi connectivity index (χ3n) is 19.3. The number of rotatable bonds is 82. The minimum Gasteiger partial charge on any atom is -0.462 e.